The van der Waals surface area contributed by atoms with E-state index in [4.69, 9.17) is 14.2 Å². The fourth-order valence-electron chi connectivity index (χ4n) is 5.61. The van der Waals surface area contributed by atoms with Crippen molar-refractivity contribution in [3.63, 3.8) is 0 Å². The number of aliphatic hydroxyl groups excluding tert-OH is 1. The summed E-state index contributed by atoms with van der Waals surface area (Å²) in [7, 11) is -7.94. The van der Waals surface area contributed by atoms with Crippen molar-refractivity contribution in [2.24, 2.45) is 0 Å². The summed E-state index contributed by atoms with van der Waals surface area (Å²) in [6.45, 7) is 4.10. The van der Waals surface area contributed by atoms with Crippen LogP contribution < -0.4 is 5.32 Å². The van der Waals surface area contributed by atoms with Crippen LogP contribution in [0, 0.1) is 24.0 Å². The molecule has 2 N–H and O–H groups in total. The monoisotopic (exact) mass is 746 g/mol. The summed E-state index contributed by atoms with van der Waals surface area (Å²) in [4.78, 5) is 37.3. The van der Waals surface area contributed by atoms with Crippen LogP contribution >= 0.6 is 0 Å². The molecule has 0 aromatic heterocycles. The zero-order valence-corrected chi connectivity index (χ0v) is 29.5. The van der Waals surface area contributed by atoms with E-state index in [1.54, 1.807) is 13.8 Å². The van der Waals surface area contributed by atoms with Crippen LogP contribution in [-0.4, -0.2) is 113 Å². The Labute approximate surface area is 295 Å². The van der Waals surface area contributed by atoms with Crippen LogP contribution in [0.5, 0.6) is 0 Å². The zero-order chi connectivity index (χ0) is 36.9. The van der Waals surface area contributed by atoms with Crippen molar-refractivity contribution >= 4 is 37.6 Å². The molecule has 3 aromatic carbocycles. The van der Waals surface area contributed by atoms with E-state index in [-0.39, 0.29) is 84.8 Å². The molecule has 0 aliphatic carbocycles. The van der Waals surface area contributed by atoms with E-state index in [9.17, 15) is 41.6 Å². The van der Waals surface area contributed by atoms with E-state index in [0.717, 1.165) is 12.1 Å². The summed E-state index contributed by atoms with van der Waals surface area (Å²) in [5.74, 6) is -1.75. The zero-order valence-electron chi connectivity index (χ0n) is 27.9. The first kappa shape index (κ1) is 37.9. The Balaban J connectivity index is 1.39. The molecule has 5 rings (SSSR count). The minimum atomic E-state index is -3.98. The Morgan fingerprint density at radius 2 is 1.29 bits per heavy atom. The van der Waals surface area contributed by atoms with Gasteiger partial charge in [-0.3, -0.25) is 14.9 Å². The van der Waals surface area contributed by atoms with Gasteiger partial charge in [-0.25, -0.2) is 21.6 Å². The Bertz CT molecular complexity index is 1990. The largest absolute Gasteiger partial charge is 0.460 e. The quantitative estimate of drug-likeness (QED) is 0.155. The second kappa shape index (κ2) is 15.9. The van der Waals surface area contributed by atoms with E-state index in [0.29, 0.717) is 11.1 Å². The molecular formula is C33H38N4O12S2. The lowest BCUT2D eigenvalue weighted by Gasteiger charge is -2.27. The lowest BCUT2D eigenvalue weighted by atomic mass is 10.0. The third kappa shape index (κ3) is 8.61. The van der Waals surface area contributed by atoms with Gasteiger partial charge in [0.1, 0.15) is 12.7 Å². The molecule has 2 saturated heterocycles. The highest BCUT2D eigenvalue weighted by Crippen LogP contribution is 2.26. The number of carbonyl (C=O) groups excluding carboxylic acids is 2. The normalized spacial score (nSPS) is 17.3. The van der Waals surface area contributed by atoms with Crippen molar-refractivity contribution in [3.05, 3.63) is 98.6 Å². The Morgan fingerprint density at radius 1 is 0.824 bits per heavy atom. The SMILES string of the molecule is Cc1ccc(C(=O)NC(COC(=O)c2ccc(C)c(S(=O)(=O)N3CCOCC3)c2)C(O)c2ccc([N+](=O)[O-])cc2)cc1S(=O)(=O)N1CCOCC1. The summed E-state index contributed by atoms with van der Waals surface area (Å²) in [6, 6.07) is 11.7. The number of nitrogens with zero attached hydrogens (tertiary/aromatic N) is 3. The third-order valence-corrected chi connectivity index (χ3v) is 12.7. The van der Waals surface area contributed by atoms with Gasteiger partial charge in [0.15, 0.2) is 0 Å². The van der Waals surface area contributed by atoms with Gasteiger partial charge >= 0.3 is 5.97 Å². The highest BCUT2D eigenvalue weighted by molar-refractivity contribution is 7.89. The molecule has 0 spiro atoms. The van der Waals surface area contributed by atoms with Gasteiger partial charge in [-0.15, -0.1) is 0 Å². The summed E-state index contributed by atoms with van der Waals surface area (Å²) in [5, 5.41) is 25.1. The maximum absolute atomic E-state index is 13.6. The average molecular weight is 747 g/mol. The number of sulfonamides is 2. The molecule has 0 radical (unpaired) electrons. The lowest BCUT2D eigenvalue weighted by Crippen LogP contribution is -2.43. The second-order valence-corrected chi connectivity index (χ2v) is 15.8. The number of non-ortho nitro benzene ring substituents is 1. The molecular weight excluding hydrogens is 709 g/mol. The summed E-state index contributed by atoms with van der Waals surface area (Å²) < 4.78 is 72.1. The maximum atomic E-state index is 13.6. The van der Waals surface area contributed by atoms with Crippen LogP contribution in [-0.2, 0) is 34.3 Å². The van der Waals surface area contributed by atoms with E-state index < -0.39 is 55.6 Å². The number of nitro groups is 1. The molecule has 2 atom stereocenters. The van der Waals surface area contributed by atoms with Gasteiger partial charge in [-0.2, -0.15) is 8.61 Å². The first-order valence-electron chi connectivity index (χ1n) is 16.0. The number of carbonyl (C=O) groups is 2. The number of hydrogen-bond acceptors (Lipinski definition) is 12. The highest BCUT2D eigenvalue weighted by atomic mass is 32.2. The number of aryl methyl sites for hydroxylation is 2. The third-order valence-electron chi connectivity index (χ3n) is 8.59. The van der Waals surface area contributed by atoms with Crippen molar-refractivity contribution in [1.82, 2.24) is 13.9 Å². The van der Waals surface area contributed by atoms with Crippen molar-refractivity contribution in [2.45, 2.75) is 35.8 Å². The van der Waals surface area contributed by atoms with Gasteiger partial charge in [0.25, 0.3) is 11.6 Å². The molecule has 2 aliphatic rings. The first-order valence-corrected chi connectivity index (χ1v) is 18.9. The number of ether oxygens (including phenoxy) is 3. The number of benzene rings is 3. The number of rotatable bonds is 12. The van der Waals surface area contributed by atoms with Crippen molar-refractivity contribution in [1.29, 1.82) is 0 Å². The molecule has 2 unspecified atom stereocenters. The van der Waals surface area contributed by atoms with Crippen molar-refractivity contribution < 1.29 is 50.7 Å². The summed E-state index contributed by atoms with van der Waals surface area (Å²) in [5.41, 5.74) is 0.562. The van der Waals surface area contributed by atoms with Crippen LogP contribution in [0.2, 0.25) is 0 Å². The van der Waals surface area contributed by atoms with Crippen LogP contribution in [0.25, 0.3) is 0 Å². The standard InChI is InChI=1S/C33H38N4O12S2/c1-22-3-5-25(19-29(22)50(43,44)35-11-15-47-16-12-35)32(39)34-28(31(38)24-7-9-27(10-8-24)37(41)42)21-49-33(40)26-6-4-23(2)30(20-26)51(45,46)36-13-17-48-18-14-36/h3-10,19-20,28,31,38H,11-18,21H2,1-2H3,(H,34,39). The van der Waals surface area contributed by atoms with Crippen LogP contribution in [0.3, 0.4) is 0 Å². The molecule has 1 amide bonds. The summed E-state index contributed by atoms with van der Waals surface area (Å²) in [6.07, 6.45) is -1.56. The van der Waals surface area contributed by atoms with E-state index in [1.807, 2.05) is 0 Å². The number of amides is 1. The fourth-order valence-corrected chi connectivity index (χ4v) is 8.93. The molecule has 0 saturated carbocycles. The smallest absolute Gasteiger partial charge is 0.338 e. The molecule has 2 fully saturated rings. The minimum Gasteiger partial charge on any atom is -0.460 e. The number of aliphatic hydroxyl groups is 1. The molecule has 16 nitrogen and oxygen atoms in total. The highest BCUT2D eigenvalue weighted by Gasteiger charge is 2.32. The number of nitrogens with one attached hydrogen (secondary N) is 1. The Kier molecular flexibility index (Phi) is 11.9. The summed E-state index contributed by atoms with van der Waals surface area (Å²) >= 11 is 0. The van der Waals surface area contributed by atoms with E-state index in [2.05, 4.69) is 5.32 Å². The predicted octanol–water partition coefficient (Wildman–Crippen LogP) is 1.94. The number of esters is 1. The predicted molar refractivity (Wildman–Crippen MR) is 181 cm³/mol. The van der Waals surface area contributed by atoms with Crippen LogP contribution in [0.4, 0.5) is 5.69 Å². The molecule has 2 aliphatic heterocycles. The van der Waals surface area contributed by atoms with Gasteiger partial charge in [0, 0.05) is 43.9 Å². The van der Waals surface area contributed by atoms with Gasteiger partial charge in [0.05, 0.1) is 52.7 Å². The topological polar surface area (TPSA) is 212 Å². The van der Waals surface area contributed by atoms with E-state index in [1.165, 1.54) is 57.1 Å². The molecule has 51 heavy (non-hydrogen) atoms. The number of hydrogen-bond donors (Lipinski definition) is 2. The molecule has 274 valence electrons. The first-order chi connectivity index (χ1) is 24.2. The minimum absolute atomic E-state index is 0.0591. The molecule has 0 bridgehead atoms. The Morgan fingerprint density at radius 3 is 1.78 bits per heavy atom. The Hall–Kier alpha value is -4.30. The van der Waals surface area contributed by atoms with Gasteiger partial charge in [-0.1, -0.05) is 12.1 Å². The molecule has 18 heteroatoms. The van der Waals surface area contributed by atoms with Crippen LogP contribution in [0.15, 0.2) is 70.5 Å². The van der Waals surface area contributed by atoms with Gasteiger partial charge in [0.2, 0.25) is 20.0 Å². The molecule has 3 aromatic rings. The number of nitro benzene ring substituents is 1. The lowest BCUT2D eigenvalue weighted by molar-refractivity contribution is -0.384. The average Bonchev–Trinajstić information content (AvgIpc) is 3.13. The van der Waals surface area contributed by atoms with Crippen molar-refractivity contribution in [2.75, 3.05) is 59.2 Å². The van der Waals surface area contributed by atoms with Crippen LogP contribution in [0.1, 0.15) is 43.5 Å². The van der Waals surface area contributed by atoms with E-state index >= 15 is 0 Å². The van der Waals surface area contributed by atoms with Gasteiger partial charge in [-0.05, 0) is 66.9 Å². The fraction of sp³-hybridized carbons (Fsp3) is 0.394. The van der Waals surface area contributed by atoms with Gasteiger partial charge < -0.3 is 24.6 Å². The van der Waals surface area contributed by atoms with Crippen molar-refractivity contribution in [3.8, 4) is 0 Å². The molecule has 2 heterocycles. The number of morpholine rings is 2. The maximum Gasteiger partial charge on any atom is 0.338 e. The second-order valence-electron chi connectivity index (χ2n) is 12.0.